The lowest BCUT2D eigenvalue weighted by Gasteiger charge is -2.46. The maximum Gasteiger partial charge on any atom is 0.220 e. The maximum atomic E-state index is 13.3. The lowest BCUT2D eigenvalue weighted by molar-refractivity contribution is -0.359. The third kappa shape index (κ3) is 41.8. The van der Waals surface area contributed by atoms with Crippen LogP contribution in [-0.2, 0) is 23.7 Å². The summed E-state index contributed by atoms with van der Waals surface area (Å²) in [4.78, 5) is 13.3. The summed E-state index contributed by atoms with van der Waals surface area (Å²) in [5.74, 6) is -0.253. The van der Waals surface area contributed by atoms with Crippen LogP contribution in [0.5, 0.6) is 0 Å². The van der Waals surface area contributed by atoms with E-state index in [1.54, 1.807) is 6.08 Å². The number of aliphatic hydroxyl groups excluding tert-OH is 8. The van der Waals surface area contributed by atoms with Gasteiger partial charge < -0.3 is 65.1 Å². The van der Waals surface area contributed by atoms with Crippen molar-refractivity contribution in [2.75, 3.05) is 19.8 Å². The van der Waals surface area contributed by atoms with Gasteiger partial charge in [0.2, 0.25) is 5.91 Å². The van der Waals surface area contributed by atoms with Crippen LogP contribution in [0.15, 0.2) is 72.9 Å². The van der Waals surface area contributed by atoms with Crippen LogP contribution < -0.4 is 5.32 Å². The van der Waals surface area contributed by atoms with Gasteiger partial charge in [-0.05, 0) is 83.5 Å². The Balaban J connectivity index is 1.70. The molecule has 0 aromatic carbocycles. The zero-order valence-corrected chi connectivity index (χ0v) is 55.7. The molecular weight excluding hydrogens is 1110 g/mol. The van der Waals surface area contributed by atoms with Crippen molar-refractivity contribution in [1.29, 1.82) is 0 Å². The van der Waals surface area contributed by atoms with Gasteiger partial charge in [-0.2, -0.15) is 0 Å². The van der Waals surface area contributed by atoms with Gasteiger partial charge in [0.05, 0.1) is 32.0 Å². The highest BCUT2D eigenvalue weighted by Gasteiger charge is 2.51. The lowest BCUT2D eigenvalue weighted by atomic mass is 9.97. The molecule has 2 aliphatic rings. The van der Waals surface area contributed by atoms with Gasteiger partial charge in [0.1, 0.15) is 48.8 Å². The van der Waals surface area contributed by atoms with E-state index >= 15 is 0 Å². The van der Waals surface area contributed by atoms with Crippen LogP contribution in [0.2, 0.25) is 0 Å². The number of nitrogens with one attached hydrogen (secondary N) is 1. The normalized spacial score (nSPS) is 23.6. The number of carbonyl (C=O) groups is 1. The summed E-state index contributed by atoms with van der Waals surface area (Å²) < 4.78 is 22.8. The summed E-state index contributed by atoms with van der Waals surface area (Å²) in [5.41, 5.74) is 0. The molecule has 88 heavy (non-hydrogen) atoms. The van der Waals surface area contributed by atoms with Crippen LogP contribution in [0.3, 0.4) is 0 Å². The molecule has 0 radical (unpaired) electrons. The number of hydrogen-bond acceptors (Lipinski definition) is 13. The molecule has 2 aliphatic heterocycles. The van der Waals surface area contributed by atoms with E-state index < -0.39 is 86.8 Å². The van der Waals surface area contributed by atoms with Gasteiger partial charge in [-0.1, -0.05) is 279 Å². The SMILES string of the molecule is CCCCCCC/C=C\C/C=C\C/C=C\CCCCCCCCCCCCCCCCC(=O)NC(COC1OC(CO)C(OC2OC(CO)C(O)C(O)C2O)C(O)C1O)C(O)/C=C/CC/C=C/CC/C=C/CCCCCCCCCCCCCCCCC. The predicted molar refractivity (Wildman–Crippen MR) is 360 cm³/mol. The Hall–Kier alpha value is -2.57. The third-order valence-electron chi connectivity index (χ3n) is 17.3. The van der Waals surface area contributed by atoms with Gasteiger partial charge in [-0.15, -0.1) is 0 Å². The summed E-state index contributed by atoms with van der Waals surface area (Å²) in [6.07, 6.45) is 62.4. The Morgan fingerprint density at radius 2 is 0.761 bits per heavy atom. The Bertz CT molecular complexity index is 1750. The molecule has 14 heteroatoms. The lowest BCUT2D eigenvalue weighted by Crippen LogP contribution is -2.65. The van der Waals surface area contributed by atoms with Gasteiger partial charge in [-0.25, -0.2) is 0 Å². The molecule has 12 atom stereocenters. The standard InChI is InChI=1S/C74H133NO13/c1-3-5-7-9-11-13-15-17-19-21-23-25-27-29-30-31-32-34-36-38-40-42-44-46-48-50-52-54-56-58-66(79)75-62(61-85-73-71(84)69(82)72(65(60-77)87-73)88-74-70(83)68(81)67(80)64(59-76)86-74)63(78)57-55-53-51-49-47-45-43-41-39-37-35-33-28-26-24-22-20-18-16-14-12-10-8-6-4-2/h15,17,21,23,27,29,39,41,47,49,55,57,62-65,67-74,76-78,80-84H,3-14,16,18-20,22,24-26,28,30-38,40,42-46,48,50-54,56,58-61H2,1-2H3,(H,75,79)/b17-15-,23-21-,29-27-,41-39+,49-47+,57-55+. The molecule has 2 rings (SSSR count). The number of amides is 1. The van der Waals surface area contributed by atoms with Crippen molar-refractivity contribution >= 4 is 5.91 Å². The Labute approximate surface area is 536 Å². The van der Waals surface area contributed by atoms with Crippen LogP contribution in [0.1, 0.15) is 296 Å². The van der Waals surface area contributed by atoms with Gasteiger partial charge in [0, 0.05) is 6.42 Å². The molecule has 2 saturated heterocycles. The summed E-state index contributed by atoms with van der Waals surface area (Å²) in [7, 11) is 0. The molecule has 12 unspecified atom stereocenters. The average molecular weight is 1240 g/mol. The molecule has 0 saturated carbocycles. The van der Waals surface area contributed by atoms with Crippen LogP contribution in [0.25, 0.3) is 0 Å². The minimum Gasteiger partial charge on any atom is -0.394 e. The minimum atomic E-state index is -1.80. The molecule has 0 spiro atoms. The zero-order chi connectivity index (χ0) is 63.8. The molecule has 512 valence electrons. The second-order valence-corrected chi connectivity index (χ2v) is 25.3. The molecule has 2 fully saturated rings. The van der Waals surface area contributed by atoms with Crippen molar-refractivity contribution in [3.63, 3.8) is 0 Å². The molecule has 2 heterocycles. The number of rotatable bonds is 59. The summed E-state index contributed by atoms with van der Waals surface area (Å²) >= 11 is 0. The average Bonchev–Trinajstić information content (AvgIpc) is 2.07. The molecule has 0 aromatic heterocycles. The van der Waals surface area contributed by atoms with Gasteiger partial charge in [0.25, 0.3) is 0 Å². The molecule has 0 aromatic rings. The Morgan fingerprint density at radius 1 is 0.409 bits per heavy atom. The molecule has 14 nitrogen and oxygen atoms in total. The van der Waals surface area contributed by atoms with E-state index in [1.165, 1.54) is 205 Å². The van der Waals surface area contributed by atoms with E-state index in [0.29, 0.717) is 12.8 Å². The number of allylic oxidation sites excluding steroid dienone is 11. The highest BCUT2D eigenvalue weighted by atomic mass is 16.7. The third-order valence-corrected chi connectivity index (χ3v) is 17.3. The molecule has 9 N–H and O–H groups in total. The smallest absolute Gasteiger partial charge is 0.220 e. The second kappa shape index (κ2) is 58.3. The van der Waals surface area contributed by atoms with Crippen LogP contribution in [0, 0.1) is 0 Å². The first-order chi connectivity index (χ1) is 43.1. The first kappa shape index (κ1) is 81.5. The molecular formula is C74H133NO13. The molecule has 0 bridgehead atoms. The largest absolute Gasteiger partial charge is 0.394 e. The topological polar surface area (TPSA) is 228 Å². The molecule has 1 amide bonds. The number of unbranched alkanes of at least 4 members (excludes halogenated alkanes) is 36. The first-order valence-electron chi connectivity index (χ1n) is 36.2. The van der Waals surface area contributed by atoms with E-state index in [9.17, 15) is 45.6 Å². The fourth-order valence-corrected chi connectivity index (χ4v) is 11.6. The Morgan fingerprint density at radius 3 is 1.19 bits per heavy atom. The van der Waals surface area contributed by atoms with Crippen molar-refractivity contribution in [3.8, 4) is 0 Å². The van der Waals surface area contributed by atoms with E-state index in [-0.39, 0.29) is 18.9 Å². The van der Waals surface area contributed by atoms with Gasteiger partial charge in [-0.3, -0.25) is 4.79 Å². The van der Waals surface area contributed by atoms with E-state index in [2.05, 4.69) is 79.9 Å². The maximum absolute atomic E-state index is 13.3. The number of hydrogen-bond donors (Lipinski definition) is 9. The summed E-state index contributed by atoms with van der Waals surface area (Å²) in [6, 6.07) is -0.943. The van der Waals surface area contributed by atoms with Crippen molar-refractivity contribution in [2.24, 2.45) is 0 Å². The number of ether oxygens (including phenoxy) is 4. The number of carbonyl (C=O) groups excluding carboxylic acids is 1. The van der Waals surface area contributed by atoms with Crippen molar-refractivity contribution in [3.05, 3.63) is 72.9 Å². The summed E-state index contributed by atoms with van der Waals surface area (Å²) in [6.45, 7) is 2.79. The van der Waals surface area contributed by atoms with Crippen molar-refractivity contribution < 1.29 is 64.6 Å². The highest BCUT2D eigenvalue weighted by Crippen LogP contribution is 2.30. The van der Waals surface area contributed by atoms with Crippen LogP contribution in [0.4, 0.5) is 0 Å². The summed E-state index contributed by atoms with van der Waals surface area (Å²) in [5, 5.41) is 87.4. The highest BCUT2D eigenvalue weighted by molar-refractivity contribution is 5.76. The minimum absolute atomic E-state index is 0.253. The van der Waals surface area contributed by atoms with Gasteiger partial charge >= 0.3 is 0 Å². The monoisotopic (exact) mass is 1240 g/mol. The Kier molecular flexibility index (Phi) is 54.0. The number of aliphatic hydroxyl groups is 8. The van der Waals surface area contributed by atoms with Crippen LogP contribution >= 0.6 is 0 Å². The molecule has 0 aliphatic carbocycles. The predicted octanol–water partition coefficient (Wildman–Crippen LogP) is 15.0. The van der Waals surface area contributed by atoms with Crippen LogP contribution in [-0.4, -0.2) is 140 Å². The quantitative estimate of drug-likeness (QED) is 0.0204. The van der Waals surface area contributed by atoms with E-state index in [1.807, 2.05) is 6.08 Å². The van der Waals surface area contributed by atoms with Gasteiger partial charge in [0.15, 0.2) is 12.6 Å². The first-order valence-corrected chi connectivity index (χ1v) is 36.2. The second-order valence-electron chi connectivity index (χ2n) is 25.3. The van der Waals surface area contributed by atoms with Crippen molar-refractivity contribution in [1.82, 2.24) is 5.32 Å². The van der Waals surface area contributed by atoms with E-state index in [0.717, 1.165) is 57.8 Å². The van der Waals surface area contributed by atoms with Crippen molar-refractivity contribution in [2.45, 2.75) is 370 Å². The zero-order valence-electron chi connectivity index (χ0n) is 55.7. The fourth-order valence-electron chi connectivity index (χ4n) is 11.6. The van der Waals surface area contributed by atoms with E-state index in [4.69, 9.17) is 18.9 Å². The fraction of sp³-hybridized carbons (Fsp3) is 0.824.